The Kier molecular flexibility index (Phi) is 4.02. The van der Waals surface area contributed by atoms with Crippen molar-refractivity contribution in [2.24, 2.45) is 0 Å². The SMILES string of the molecule is O=C(c1cnccn1)N(Cc1ccccc1C(F)(F)F)C1CC1. The number of carbonyl (C=O) groups excluding carboxylic acids is 1. The van der Waals surface area contributed by atoms with Crippen molar-refractivity contribution in [1.29, 1.82) is 0 Å². The highest BCUT2D eigenvalue weighted by molar-refractivity contribution is 5.92. The standard InChI is InChI=1S/C16H14F3N3O/c17-16(18,19)13-4-2-1-3-11(13)10-22(12-5-6-12)15(23)14-9-20-7-8-21-14/h1-4,7-9,12H,5-6,10H2. The van der Waals surface area contributed by atoms with Gasteiger partial charge in [0, 0.05) is 25.0 Å². The van der Waals surface area contributed by atoms with Gasteiger partial charge in [0.2, 0.25) is 0 Å². The lowest BCUT2D eigenvalue weighted by Crippen LogP contribution is -2.34. The zero-order valence-electron chi connectivity index (χ0n) is 12.1. The van der Waals surface area contributed by atoms with Crippen LogP contribution in [0.1, 0.15) is 34.5 Å². The highest BCUT2D eigenvalue weighted by Gasteiger charge is 2.37. The van der Waals surface area contributed by atoms with E-state index in [-0.39, 0.29) is 23.8 Å². The molecular formula is C16H14F3N3O. The third-order valence-electron chi connectivity index (χ3n) is 3.69. The Morgan fingerprint density at radius 1 is 1.22 bits per heavy atom. The van der Waals surface area contributed by atoms with Crippen molar-refractivity contribution in [2.45, 2.75) is 31.6 Å². The maximum Gasteiger partial charge on any atom is 0.416 e. The molecule has 1 aliphatic rings. The van der Waals surface area contributed by atoms with Crippen LogP contribution in [0.2, 0.25) is 0 Å². The van der Waals surface area contributed by atoms with Crippen LogP contribution in [-0.4, -0.2) is 26.8 Å². The molecule has 0 radical (unpaired) electrons. The minimum atomic E-state index is -4.44. The molecule has 0 bridgehead atoms. The second kappa shape index (κ2) is 5.98. The first-order valence-electron chi connectivity index (χ1n) is 7.19. The molecule has 1 aromatic carbocycles. The smallest absolute Gasteiger partial charge is 0.330 e. The number of aromatic nitrogens is 2. The Bertz CT molecular complexity index is 699. The molecule has 1 aliphatic carbocycles. The summed E-state index contributed by atoms with van der Waals surface area (Å²) >= 11 is 0. The number of hydrogen-bond acceptors (Lipinski definition) is 3. The Hall–Kier alpha value is -2.44. The van der Waals surface area contributed by atoms with Crippen LogP contribution in [0, 0.1) is 0 Å². The largest absolute Gasteiger partial charge is 0.416 e. The third-order valence-corrected chi connectivity index (χ3v) is 3.69. The molecule has 23 heavy (non-hydrogen) atoms. The normalized spacial score (nSPS) is 14.6. The molecule has 1 heterocycles. The van der Waals surface area contributed by atoms with Gasteiger partial charge in [0.05, 0.1) is 11.8 Å². The zero-order chi connectivity index (χ0) is 16.4. The number of halogens is 3. The van der Waals surface area contributed by atoms with Gasteiger partial charge < -0.3 is 4.90 Å². The molecular weight excluding hydrogens is 307 g/mol. The summed E-state index contributed by atoms with van der Waals surface area (Å²) in [5, 5.41) is 0. The number of carbonyl (C=O) groups is 1. The van der Waals surface area contributed by atoms with E-state index < -0.39 is 17.6 Å². The summed E-state index contributed by atoms with van der Waals surface area (Å²) in [6.45, 7) is -0.0875. The van der Waals surface area contributed by atoms with Gasteiger partial charge in [0.25, 0.3) is 5.91 Å². The topological polar surface area (TPSA) is 46.1 Å². The monoisotopic (exact) mass is 321 g/mol. The third kappa shape index (κ3) is 3.49. The van der Waals surface area contributed by atoms with Crippen LogP contribution in [0.4, 0.5) is 13.2 Å². The van der Waals surface area contributed by atoms with E-state index in [1.54, 1.807) is 6.07 Å². The minimum absolute atomic E-state index is 0.0363. The van der Waals surface area contributed by atoms with E-state index in [1.807, 2.05) is 0 Å². The molecule has 1 saturated carbocycles. The fourth-order valence-electron chi connectivity index (χ4n) is 2.43. The molecule has 2 aromatic rings. The van der Waals surface area contributed by atoms with E-state index in [0.717, 1.165) is 18.9 Å². The Morgan fingerprint density at radius 2 is 1.96 bits per heavy atom. The predicted octanol–water partition coefficient (Wildman–Crippen LogP) is 3.30. The van der Waals surface area contributed by atoms with Crippen molar-refractivity contribution in [2.75, 3.05) is 0 Å². The predicted molar refractivity (Wildman–Crippen MR) is 76.4 cm³/mol. The number of hydrogen-bond donors (Lipinski definition) is 0. The van der Waals surface area contributed by atoms with E-state index in [0.29, 0.717) is 0 Å². The second-order valence-electron chi connectivity index (χ2n) is 5.41. The molecule has 1 aromatic heterocycles. The van der Waals surface area contributed by atoms with Crippen molar-refractivity contribution in [1.82, 2.24) is 14.9 Å². The van der Waals surface area contributed by atoms with Crippen LogP contribution in [0.15, 0.2) is 42.9 Å². The molecule has 7 heteroatoms. The number of amides is 1. The molecule has 0 spiro atoms. The summed E-state index contributed by atoms with van der Waals surface area (Å²) in [7, 11) is 0. The lowest BCUT2D eigenvalue weighted by atomic mass is 10.1. The van der Waals surface area contributed by atoms with E-state index >= 15 is 0 Å². The van der Waals surface area contributed by atoms with Gasteiger partial charge in [-0.15, -0.1) is 0 Å². The Balaban J connectivity index is 1.89. The van der Waals surface area contributed by atoms with Crippen LogP contribution < -0.4 is 0 Å². The molecule has 0 atom stereocenters. The molecule has 3 rings (SSSR count). The number of nitrogens with zero attached hydrogens (tertiary/aromatic N) is 3. The van der Waals surface area contributed by atoms with Gasteiger partial charge in [0.15, 0.2) is 0 Å². The van der Waals surface area contributed by atoms with Gasteiger partial charge in [-0.1, -0.05) is 18.2 Å². The van der Waals surface area contributed by atoms with Crippen LogP contribution >= 0.6 is 0 Å². The molecule has 0 unspecified atom stereocenters. The van der Waals surface area contributed by atoms with Crippen LogP contribution in [0.25, 0.3) is 0 Å². The van der Waals surface area contributed by atoms with Gasteiger partial charge in [-0.25, -0.2) is 4.98 Å². The zero-order valence-corrected chi connectivity index (χ0v) is 12.1. The van der Waals surface area contributed by atoms with Crippen molar-refractivity contribution in [3.05, 3.63) is 59.7 Å². The highest BCUT2D eigenvalue weighted by Crippen LogP contribution is 2.35. The van der Waals surface area contributed by atoms with Crippen molar-refractivity contribution in [3.63, 3.8) is 0 Å². The van der Waals surface area contributed by atoms with Gasteiger partial charge in [-0.2, -0.15) is 13.2 Å². The summed E-state index contributed by atoms with van der Waals surface area (Å²) < 4.78 is 39.3. The average Bonchev–Trinajstić information content (AvgIpc) is 3.37. The maximum atomic E-state index is 13.1. The first-order chi connectivity index (χ1) is 11.0. The summed E-state index contributed by atoms with van der Waals surface area (Å²) in [6, 6.07) is 5.29. The molecule has 0 aliphatic heterocycles. The van der Waals surface area contributed by atoms with Crippen molar-refractivity contribution in [3.8, 4) is 0 Å². The van der Waals surface area contributed by atoms with Gasteiger partial charge in [-0.05, 0) is 24.5 Å². The summed E-state index contributed by atoms with van der Waals surface area (Å²) in [5.41, 5.74) is -0.481. The van der Waals surface area contributed by atoms with Crippen molar-refractivity contribution < 1.29 is 18.0 Å². The summed E-state index contributed by atoms with van der Waals surface area (Å²) in [5.74, 6) is -0.391. The Labute approximate surface area is 131 Å². The van der Waals surface area contributed by atoms with Gasteiger partial charge >= 0.3 is 6.18 Å². The molecule has 4 nitrogen and oxygen atoms in total. The molecule has 1 amide bonds. The van der Waals surface area contributed by atoms with Gasteiger partial charge in [0.1, 0.15) is 5.69 Å². The average molecular weight is 321 g/mol. The van der Waals surface area contributed by atoms with E-state index in [2.05, 4.69) is 9.97 Å². The highest BCUT2D eigenvalue weighted by atomic mass is 19.4. The molecule has 0 N–H and O–H groups in total. The first-order valence-corrected chi connectivity index (χ1v) is 7.19. The number of benzene rings is 1. The number of rotatable bonds is 4. The van der Waals surface area contributed by atoms with E-state index in [9.17, 15) is 18.0 Å². The molecule has 1 fully saturated rings. The lowest BCUT2D eigenvalue weighted by Gasteiger charge is -2.24. The minimum Gasteiger partial charge on any atom is -0.330 e. The molecule has 0 saturated heterocycles. The second-order valence-corrected chi connectivity index (χ2v) is 5.41. The van der Waals surface area contributed by atoms with Crippen LogP contribution in [-0.2, 0) is 12.7 Å². The van der Waals surface area contributed by atoms with Crippen molar-refractivity contribution >= 4 is 5.91 Å². The molecule has 120 valence electrons. The summed E-state index contributed by atoms with van der Waals surface area (Å²) in [4.78, 5) is 21.8. The lowest BCUT2D eigenvalue weighted by molar-refractivity contribution is -0.138. The number of alkyl halides is 3. The first kappa shape index (κ1) is 15.5. The fraction of sp³-hybridized carbons (Fsp3) is 0.312. The van der Waals surface area contributed by atoms with Crippen LogP contribution in [0.5, 0.6) is 0 Å². The summed E-state index contributed by atoms with van der Waals surface area (Å²) in [6.07, 6.45) is 1.30. The van der Waals surface area contributed by atoms with E-state index in [4.69, 9.17) is 0 Å². The van der Waals surface area contributed by atoms with E-state index in [1.165, 1.54) is 35.6 Å². The quantitative estimate of drug-likeness (QED) is 0.868. The van der Waals surface area contributed by atoms with Gasteiger partial charge in [-0.3, -0.25) is 9.78 Å². The Morgan fingerprint density at radius 3 is 2.57 bits per heavy atom. The fourth-order valence-corrected chi connectivity index (χ4v) is 2.43. The maximum absolute atomic E-state index is 13.1. The van der Waals surface area contributed by atoms with Crippen LogP contribution in [0.3, 0.4) is 0 Å².